The number of ether oxygens (including phenoxy) is 1. The Bertz CT molecular complexity index is 708. The number of Topliss-reactive ketones (excluding diaryl/α,β-unsaturated/α-hetero) is 1. The number of thiophene rings is 1. The SMILES string of the molecule is CC(=O)c1ccc(C(=O)OC(C)C(=O)NCc2ccccc2)s1. The number of hydrogen-bond acceptors (Lipinski definition) is 5. The van der Waals surface area contributed by atoms with Gasteiger partial charge >= 0.3 is 5.97 Å². The third-order valence-electron chi connectivity index (χ3n) is 3.12. The highest BCUT2D eigenvalue weighted by atomic mass is 32.1. The van der Waals surface area contributed by atoms with Gasteiger partial charge in [-0.15, -0.1) is 11.3 Å². The summed E-state index contributed by atoms with van der Waals surface area (Å²) in [6, 6.07) is 12.6. The zero-order chi connectivity index (χ0) is 16.8. The summed E-state index contributed by atoms with van der Waals surface area (Å²) < 4.78 is 5.13. The van der Waals surface area contributed by atoms with E-state index in [-0.39, 0.29) is 11.7 Å². The molecule has 1 heterocycles. The highest BCUT2D eigenvalue weighted by Gasteiger charge is 2.20. The number of nitrogens with one attached hydrogen (secondary N) is 1. The Balaban J connectivity index is 1.87. The Labute approximate surface area is 138 Å². The van der Waals surface area contributed by atoms with E-state index in [1.54, 1.807) is 6.07 Å². The van der Waals surface area contributed by atoms with Crippen molar-refractivity contribution in [3.8, 4) is 0 Å². The van der Waals surface area contributed by atoms with Crippen LogP contribution in [0.15, 0.2) is 42.5 Å². The molecule has 6 heteroatoms. The Hall–Kier alpha value is -2.47. The Morgan fingerprint density at radius 3 is 2.35 bits per heavy atom. The topological polar surface area (TPSA) is 72.5 Å². The molecule has 1 aromatic heterocycles. The number of amides is 1. The van der Waals surface area contributed by atoms with Crippen LogP contribution in [0.1, 0.15) is 38.8 Å². The van der Waals surface area contributed by atoms with Crippen molar-refractivity contribution in [2.45, 2.75) is 26.5 Å². The third-order valence-corrected chi connectivity index (χ3v) is 4.28. The van der Waals surface area contributed by atoms with Crippen molar-refractivity contribution < 1.29 is 19.1 Å². The molecule has 0 fully saturated rings. The minimum atomic E-state index is -0.908. The molecule has 0 aliphatic carbocycles. The summed E-state index contributed by atoms with van der Waals surface area (Å²) in [5.74, 6) is -1.09. The van der Waals surface area contributed by atoms with Crippen molar-refractivity contribution in [1.82, 2.24) is 5.32 Å². The molecule has 0 aliphatic heterocycles. The van der Waals surface area contributed by atoms with E-state index in [2.05, 4.69) is 5.32 Å². The number of rotatable bonds is 6. The largest absolute Gasteiger partial charge is 0.448 e. The quantitative estimate of drug-likeness (QED) is 0.652. The maximum atomic E-state index is 12.0. The van der Waals surface area contributed by atoms with Gasteiger partial charge in [0, 0.05) is 6.54 Å². The average Bonchev–Trinajstić information content (AvgIpc) is 3.04. The van der Waals surface area contributed by atoms with Crippen molar-refractivity contribution >= 4 is 29.0 Å². The van der Waals surface area contributed by atoms with E-state index in [4.69, 9.17) is 4.74 Å². The van der Waals surface area contributed by atoms with Crippen molar-refractivity contribution in [2.24, 2.45) is 0 Å². The zero-order valence-electron chi connectivity index (χ0n) is 12.9. The van der Waals surface area contributed by atoms with Crippen LogP contribution >= 0.6 is 11.3 Å². The van der Waals surface area contributed by atoms with Crippen molar-refractivity contribution in [1.29, 1.82) is 0 Å². The fourth-order valence-corrected chi connectivity index (χ4v) is 2.62. The van der Waals surface area contributed by atoms with E-state index < -0.39 is 12.1 Å². The van der Waals surface area contributed by atoms with Gasteiger partial charge in [0.1, 0.15) is 4.88 Å². The molecule has 0 radical (unpaired) electrons. The first kappa shape index (κ1) is 16.9. The first-order chi connectivity index (χ1) is 11.0. The number of hydrogen-bond donors (Lipinski definition) is 1. The van der Waals surface area contributed by atoms with Crippen LogP contribution in [0.2, 0.25) is 0 Å². The molecule has 2 rings (SSSR count). The first-order valence-corrected chi connectivity index (χ1v) is 7.92. The van der Waals surface area contributed by atoms with Crippen molar-refractivity contribution in [3.05, 3.63) is 57.8 Å². The van der Waals surface area contributed by atoms with Gasteiger partial charge in [0.2, 0.25) is 0 Å². The molecular weight excluding hydrogens is 314 g/mol. The number of carbonyl (C=O) groups excluding carboxylic acids is 3. The number of carbonyl (C=O) groups is 3. The molecule has 5 nitrogen and oxygen atoms in total. The summed E-state index contributed by atoms with van der Waals surface area (Å²) >= 11 is 1.06. The first-order valence-electron chi connectivity index (χ1n) is 7.10. The molecule has 2 aromatic rings. The Morgan fingerprint density at radius 1 is 1.09 bits per heavy atom. The molecule has 1 atom stereocenters. The smallest absolute Gasteiger partial charge is 0.349 e. The number of benzene rings is 1. The highest BCUT2D eigenvalue weighted by molar-refractivity contribution is 7.15. The van der Waals surface area contributed by atoms with Crippen LogP contribution in [0.4, 0.5) is 0 Å². The van der Waals surface area contributed by atoms with Gasteiger partial charge in [0.05, 0.1) is 4.88 Å². The molecule has 0 saturated carbocycles. The summed E-state index contributed by atoms with van der Waals surface area (Å²) in [4.78, 5) is 35.9. The van der Waals surface area contributed by atoms with Gasteiger partial charge in [-0.3, -0.25) is 9.59 Å². The second-order valence-electron chi connectivity index (χ2n) is 4.97. The van der Waals surface area contributed by atoms with E-state index in [0.29, 0.717) is 16.3 Å². The van der Waals surface area contributed by atoms with Crippen LogP contribution in [0.3, 0.4) is 0 Å². The van der Waals surface area contributed by atoms with Crippen LogP contribution < -0.4 is 5.32 Å². The standard InChI is InChI=1S/C17H17NO4S/c1-11(19)14-8-9-15(23-14)17(21)22-12(2)16(20)18-10-13-6-4-3-5-7-13/h3-9,12H,10H2,1-2H3,(H,18,20). The van der Waals surface area contributed by atoms with Crippen LogP contribution in [0.5, 0.6) is 0 Å². The minimum absolute atomic E-state index is 0.109. The Kier molecular flexibility index (Phi) is 5.65. The normalized spacial score (nSPS) is 11.6. The Morgan fingerprint density at radius 2 is 1.74 bits per heavy atom. The van der Waals surface area contributed by atoms with Crippen molar-refractivity contribution in [3.63, 3.8) is 0 Å². The second-order valence-corrected chi connectivity index (χ2v) is 6.05. The molecular formula is C17H17NO4S. The molecule has 1 aromatic carbocycles. The van der Waals surface area contributed by atoms with Crippen LogP contribution in [-0.4, -0.2) is 23.8 Å². The minimum Gasteiger partial charge on any atom is -0.448 e. The molecule has 1 N–H and O–H groups in total. The fraction of sp³-hybridized carbons (Fsp3) is 0.235. The molecule has 0 saturated heterocycles. The molecule has 120 valence electrons. The van der Waals surface area contributed by atoms with Gasteiger partial charge in [0.25, 0.3) is 5.91 Å². The van der Waals surface area contributed by atoms with Gasteiger partial charge < -0.3 is 10.1 Å². The van der Waals surface area contributed by atoms with Gasteiger partial charge in [-0.05, 0) is 31.5 Å². The lowest BCUT2D eigenvalue weighted by molar-refractivity contribution is -0.129. The number of esters is 1. The monoisotopic (exact) mass is 331 g/mol. The maximum Gasteiger partial charge on any atom is 0.349 e. The zero-order valence-corrected chi connectivity index (χ0v) is 13.7. The molecule has 23 heavy (non-hydrogen) atoms. The maximum absolute atomic E-state index is 12.0. The average molecular weight is 331 g/mol. The summed E-state index contributed by atoms with van der Waals surface area (Å²) in [5, 5.41) is 2.71. The lowest BCUT2D eigenvalue weighted by atomic mass is 10.2. The highest BCUT2D eigenvalue weighted by Crippen LogP contribution is 2.18. The van der Waals surface area contributed by atoms with E-state index in [1.807, 2.05) is 30.3 Å². The van der Waals surface area contributed by atoms with Gasteiger partial charge in [-0.2, -0.15) is 0 Å². The van der Waals surface area contributed by atoms with Crippen molar-refractivity contribution in [2.75, 3.05) is 0 Å². The molecule has 0 spiro atoms. The van der Waals surface area contributed by atoms with Gasteiger partial charge in [-0.1, -0.05) is 30.3 Å². The van der Waals surface area contributed by atoms with Crippen LogP contribution in [0, 0.1) is 0 Å². The second kappa shape index (κ2) is 7.69. The summed E-state index contributed by atoms with van der Waals surface area (Å²) in [6.45, 7) is 3.31. The van der Waals surface area contributed by atoms with E-state index >= 15 is 0 Å². The molecule has 1 amide bonds. The number of ketones is 1. The molecule has 1 unspecified atom stereocenters. The third kappa shape index (κ3) is 4.75. The summed E-state index contributed by atoms with van der Waals surface area (Å²) in [6.07, 6.45) is -0.908. The van der Waals surface area contributed by atoms with Gasteiger partial charge in [-0.25, -0.2) is 4.79 Å². The van der Waals surface area contributed by atoms with Crippen LogP contribution in [0.25, 0.3) is 0 Å². The summed E-state index contributed by atoms with van der Waals surface area (Å²) in [5.41, 5.74) is 0.962. The predicted octanol–water partition coefficient (Wildman–Crippen LogP) is 2.81. The van der Waals surface area contributed by atoms with E-state index in [9.17, 15) is 14.4 Å². The molecule has 0 bridgehead atoms. The lowest BCUT2D eigenvalue weighted by Gasteiger charge is -2.13. The lowest BCUT2D eigenvalue weighted by Crippen LogP contribution is -2.35. The van der Waals surface area contributed by atoms with E-state index in [0.717, 1.165) is 16.9 Å². The van der Waals surface area contributed by atoms with E-state index in [1.165, 1.54) is 19.9 Å². The predicted molar refractivity (Wildman–Crippen MR) is 87.5 cm³/mol. The summed E-state index contributed by atoms with van der Waals surface area (Å²) in [7, 11) is 0. The molecule has 0 aliphatic rings. The van der Waals surface area contributed by atoms with Crippen LogP contribution in [-0.2, 0) is 16.1 Å². The van der Waals surface area contributed by atoms with Gasteiger partial charge in [0.15, 0.2) is 11.9 Å². The fourth-order valence-electron chi connectivity index (χ4n) is 1.84.